The number of hydrogen-bond donors (Lipinski definition) is 1. The van der Waals surface area contributed by atoms with Crippen LogP contribution in [0.1, 0.15) is 32.6 Å². The van der Waals surface area contributed by atoms with Crippen LogP contribution in [-0.4, -0.2) is 35.1 Å². The van der Waals surface area contributed by atoms with Crippen LogP contribution in [0.5, 0.6) is 0 Å². The summed E-state index contributed by atoms with van der Waals surface area (Å²) in [5, 5.41) is 3.06. The highest BCUT2D eigenvalue weighted by Gasteiger charge is 2.25. The largest absolute Gasteiger partial charge is 0.357 e. The molecule has 1 aliphatic rings. The molecule has 5 heteroatoms. The lowest BCUT2D eigenvalue weighted by molar-refractivity contribution is -0.125. The molecule has 128 valence electrons. The topological polar surface area (TPSA) is 50.2 Å². The second-order valence-electron chi connectivity index (χ2n) is 6.37. The molecule has 24 heavy (non-hydrogen) atoms. The van der Waals surface area contributed by atoms with E-state index in [4.69, 9.17) is 0 Å². The number of pyridine rings is 1. The number of rotatable bonds is 6. The first kappa shape index (κ1) is 16.6. The molecule has 5 nitrogen and oxygen atoms in total. The molecule has 3 heterocycles. The van der Waals surface area contributed by atoms with Crippen LogP contribution in [0.2, 0.25) is 0 Å². The van der Waals surface area contributed by atoms with Crippen molar-refractivity contribution in [1.82, 2.24) is 14.9 Å². The summed E-state index contributed by atoms with van der Waals surface area (Å²) in [5.74, 6) is 1.37. The zero-order valence-corrected chi connectivity index (χ0v) is 14.3. The van der Waals surface area contributed by atoms with Crippen LogP contribution in [0, 0.1) is 5.92 Å². The summed E-state index contributed by atoms with van der Waals surface area (Å²) in [5.41, 5.74) is 1.06. The van der Waals surface area contributed by atoms with E-state index in [2.05, 4.69) is 34.3 Å². The lowest BCUT2D eigenvalue weighted by Gasteiger charge is -2.32. The van der Waals surface area contributed by atoms with Crippen molar-refractivity contribution in [2.24, 2.45) is 5.92 Å². The van der Waals surface area contributed by atoms with Crippen molar-refractivity contribution in [1.29, 1.82) is 0 Å². The number of amides is 1. The molecule has 1 fully saturated rings. The third-order valence-corrected chi connectivity index (χ3v) is 4.65. The van der Waals surface area contributed by atoms with Crippen LogP contribution >= 0.6 is 0 Å². The minimum atomic E-state index is 0.150. The van der Waals surface area contributed by atoms with Gasteiger partial charge in [0.25, 0.3) is 0 Å². The molecule has 1 saturated heterocycles. The highest BCUT2D eigenvalue weighted by atomic mass is 16.1. The second-order valence-corrected chi connectivity index (χ2v) is 6.37. The Morgan fingerprint density at radius 3 is 2.62 bits per heavy atom. The van der Waals surface area contributed by atoms with Gasteiger partial charge in [-0.1, -0.05) is 13.3 Å². The van der Waals surface area contributed by atoms with Gasteiger partial charge >= 0.3 is 0 Å². The Morgan fingerprint density at radius 1 is 1.25 bits per heavy atom. The summed E-state index contributed by atoms with van der Waals surface area (Å²) in [6, 6.07) is 8.16. The molecule has 0 aromatic carbocycles. The number of hydrogen-bond acceptors (Lipinski definition) is 3. The van der Waals surface area contributed by atoms with E-state index in [-0.39, 0.29) is 11.8 Å². The highest BCUT2D eigenvalue weighted by Crippen LogP contribution is 2.22. The predicted molar refractivity (Wildman–Crippen MR) is 96.4 cm³/mol. The maximum absolute atomic E-state index is 12.1. The molecular formula is C19H26N4O. The summed E-state index contributed by atoms with van der Waals surface area (Å²) in [6.07, 6.45) is 9.90. The van der Waals surface area contributed by atoms with Gasteiger partial charge < -0.3 is 14.8 Å². The van der Waals surface area contributed by atoms with Crippen molar-refractivity contribution in [3.63, 3.8) is 0 Å². The maximum atomic E-state index is 12.1. The third-order valence-electron chi connectivity index (χ3n) is 4.65. The van der Waals surface area contributed by atoms with E-state index < -0.39 is 0 Å². The van der Waals surface area contributed by atoms with Crippen LogP contribution < -0.4 is 10.2 Å². The fraction of sp³-hybridized carbons (Fsp3) is 0.474. The van der Waals surface area contributed by atoms with Gasteiger partial charge in [-0.05, 0) is 43.5 Å². The van der Waals surface area contributed by atoms with E-state index in [0.717, 1.165) is 56.8 Å². The van der Waals surface area contributed by atoms with E-state index in [1.54, 1.807) is 0 Å². The highest BCUT2D eigenvalue weighted by molar-refractivity contribution is 5.78. The molecule has 0 aliphatic carbocycles. The van der Waals surface area contributed by atoms with Gasteiger partial charge in [0.05, 0.1) is 11.9 Å². The summed E-state index contributed by atoms with van der Waals surface area (Å²) in [7, 11) is 0. The number of aromatic nitrogens is 2. The molecule has 1 aliphatic heterocycles. The lowest BCUT2D eigenvalue weighted by atomic mass is 9.96. The predicted octanol–water partition coefficient (Wildman–Crippen LogP) is 3.01. The number of nitrogens with zero attached hydrogens (tertiary/aromatic N) is 3. The van der Waals surface area contributed by atoms with Gasteiger partial charge in [-0.25, -0.2) is 4.98 Å². The van der Waals surface area contributed by atoms with Crippen LogP contribution in [0.3, 0.4) is 0 Å². The van der Waals surface area contributed by atoms with Crippen molar-refractivity contribution >= 4 is 11.7 Å². The van der Waals surface area contributed by atoms with Gasteiger partial charge in [-0.2, -0.15) is 0 Å². The molecule has 2 aromatic rings. The first-order valence-electron chi connectivity index (χ1n) is 8.90. The van der Waals surface area contributed by atoms with Crippen molar-refractivity contribution in [2.45, 2.75) is 32.6 Å². The fourth-order valence-electron chi connectivity index (χ4n) is 3.13. The molecular weight excluding hydrogens is 300 g/mol. The molecule has 1 N–H and O–H groups in total. The molecule has 0 radical (unpaired) electrons. The lowest BCUT2D eigenvalue weighted by Crippen LogP contribution is -2.41. The van der Waals surface area contributed by atoms with E-state index >= 15 is 0 Å². The van der Waals surface area contributed by atoms with E-state index in [9.17, 15) is 4.79 Å². The number of piperidine rings is 1. The quantitative estimate of drug-likeness (QED) is 0.830. The molecule has 0 atom stereocenters. The van der Waals surface area contributed by atoms with Crippen molar-refractivity contribution in [2.75, 3.05) is 24.5 Å². The number of carbonyl (C=O) groups excluding carboxylic acids is 1. The Labute approximate surface area is 143 Å². The van der Waals surface area contributed by atoms with Gasteiger partial charge in [0, 0.05) is 37.9 Å². The minimum Gasteiger partial charge on any atom is -0.357 e. The molecule has 1 amide bonds. The maximum Gasteiger partial charge on any atom is 0.223 e. The Morgan fingerprint density at radius 2 is 2.00 bits per heavy atom. The van der Waals surface area contributed by atoms with E-state index in [1.807, 2.05) is 35.3 Å². The van der Waals surface area contributed by atoms with Crippen LogP contribution in [0.4, 0.5) is 5.82 Å². The summed E-state index contributed by atoms with van der Waals surface area (Å²) < 4.78 is 2.05. The van der Waals surface area contributed by atoms with Gasteiger partial charge in [-0.15, -0.1) is 0 Å². The normalized spacial score (nSPS) is 15.5. The number of nitrogens with one attached hydrogen (secondary N) is 1. The Balaban J connectivity index is 1.52. The molecule has 3 rings (SSSR count). The first-order chi connectivity index (χ1) is 11.8. The number of carbonyl (C=O) groups is 1. The molecule has 2 aromatic heterocycles. The Hall–Kier alpha value is -2.30. The number of unbranched alkanes of at least 4 members (excludes halogenated alkanes) is 1. The van der Waals surface area contributed by atoms with Gasteiger partial charge in [0.15, 0.2) is 0 Å². The fourth-order valence-corrected chi connectivity index (χ4v) is 3.13. The van der Waals surface area contributed by atoms with Crippen LogP contribution in [0.25, 0.3) is 5.69 Å². The Kier molecular flexibility index (Phi) is 5.51. The zero-order valence-electron chi connectivity index (χ0n) is 14.3. The number of anilines is 1. The third kappa shape index (κ3) is 3.96. The molecule has 0 saturated carbocycles. The van der Waals surface area contributed by atoms with Crippen molar-refractivity contribution in [3.05, 3.63) is 42.9 Å². The van der Waals surface area contributed by atoms with Crippen molar-refractivity contribution in [3.8, 4) is 5.69 Å². The van der Waals surface area contributed by atoms with E-state index in [1.165, 1.54) is 0 Å². The van der Waals surface area contributed by atoms with Crippen LogP contribution in [-0.2, 0) is 4.79 Å². The van der Waals surface area contributed by atoms with Gasteiger partial charge in [0.1, 0.15) is 5.82 Å². The van der Waals surface area contributed by atoms with Crippen molar-refractivity contribution < 1.29 is 4.79 Å². The van der Waals surface area contributed by atoms with Gasteiger partial charge in [-0.3, -0.25) is 4.79 Å². The summed E-state index contributed by atoms with van der Waals surface area (Å²) >= 11 is 0. The SMILES string of the molecule is CCCCNC(=O)C1CCN(c2ccc(-n3cccc3)cn2)CC1. The average molecular weight is 326 g/mol. The zero-order chi connectivity index (χ0) is 16.8. The molecule has 0 bridgehead atoms. The monoisotopic (exact) mass is 326 g/mol. The van der Waals surface area contributed by atoms with Crippen LogP contribution in [0.15, 0.2) is 42.9 Å². The molecule has 0 spiro atoms. The van der Waals surface area contributed by atoms with E-state index in [0.29, 0.717) is 0 Å². The standard InChI is InChI=1S/C19H26N4O/c1-2-3-10-20-19(24)16-8-13-23(14-9-16)18-7-6-17(15-21-18)22-11-4-5-12-22/h4-7,11-12,15-16H,2-3,8-10,13-14H2,1H3,(H,20,24). The first-order valence-corrected chi connectivity index (χ1v) is 8.90. The Bertz CT molecular complexity index is 628. The minimum absolute atomic E-state index is 0.150. The molecule has 0 unspecified atom stereocenters. The average Bonchev–Trinajstić information content (AvgIpc) is 3.17. The summed E-state index contributed by atoms with van der Waals surface area (Å²) in [6.45, 7) is 4.72. The smallest absolute Gasteiger partial charge is 0.223 e. The summed E-state index contributed by atoms with van der Waals surface area (Å²) in [4.78, 5) is 19.0. The second kappa shape index (κ2) is 7.99. The van der Waals surface area contributed by atoms with Gasteiger partial charge in [0.2, 0.25) is 5.91 Å².